The van der Waals surface area contributed by atoms with Crippen molar-refractivity contribution < 1.29 is 9.84 Å². The van der Waals surface area contributed by atoms with Crippen LogP contribution in [0.15, 0.2) is 30.6 Å². The number of H-pyrrole nitrogens is 1. The summed E-state index contributed by atoms with van der Waals surface area (Å²) in [6.45, 7) is 4.33. The molecule has 146 valence electrons. The number of nitrogens with zero attached hydrogens (tertiary/aromatic N) is 2. The summed E-state index contributed by atoms with van der Waals surface area (Å²) in [7, 11) is 0. The molecule has 3 aromatic rings. The first kappa shape index (κ1) is 17.7. The maximum Gasteiger partial charge on any atom is 0.137 e. The maximum absolute atomic E-state index is 9.89. The highest BCUT2D eigenvalue weighted by Gasteiger charge is 2.32. The van der Waals surface area contributed by atoms with E-state index in [9.17, 15) is 5.11 Å². The first-order chi connectivity index (χ1) is 13.6. The highest BCUT2D eigenvalue weighted by atomic mass is 16.5. The molecule has 1 aromatic carbocycles. The number of ether oxygens (including phenoxy) is 1. The predicted octanol–water partition coefficient (Wildman–Crippen LogP) is 2.51. The highest BCUT2D eigenvalue weighted by Crippen LogP contribution is 2.37. The Hall–Kier alpha value is -2.41. The summed E-state index contributed by atoms with van der Waals surface area (Å²) in [4.78, 5) is 10.1. The van der Waals surface area contributed by atoms with Crippen LogP contribution in [0.5, 0.6) is 0 Å². The number of aromatic amines is 1. The van der Waals surface area contributed by atoms with E-state index in [1.54, 1.807) is 0 Å². The minimum atomic E-state index is 0.0591. The SMILES string of the molecule is Cc1c[nH]c2ncc(-c3cc4c(c(N5CC(N)CC5CO)c3)COCC4)cc12. The monoisotopic (exact) mass is 378 g/mol. The predicted molar refractivity (Wildman–Crippen MR) is 110 cm³/mol. The third kappa shape index (κ3) is 2.89. The molecule has 2 aromatic heterocycles. The molecular weight excluding hydrogens is 352 g/mol. The molecule has 0 radical (unpaired) electrons. The van der Waals surface area contributed by atoms with E-state index >= 15 is 0 Å². The Morgan fingerprint density at radius 2 is 2.21 bits per heavy atom. The number of aryl methyl sites for hydroxylation is 1. The van der Waals surface area contributed by atoms with Crippen LogP contribution in [0.4, 0.5) is 5.69 Å². The van der Waals surface area contributed by atoms with Crippen LogP contribution in [0, 0.1) is 6.92 Å². The number of hydrogen-bond donors (Lipinski definition) is 3. The number of aliphatic hydroxyl groups is 1. The lowest BCUT2D eigenvalue weighted by Gasteiger charge is -2.31. The molecule has 6 heteroatoms. The van der Waals surface area contributed by atoms with Gasteiger partial charge in [-0.25, -0.2) is 4.98 Å². The Balaban J connectivity index is 1.65. The lowest BCUT2D eigenvalue weighted by atomic mass is 9.94. The first-order valence-electron chi connectivity index (χ1n) is 9.94. The Morgan fingerprint density at radius 1 is 1.32 bits per heavy atom. The van der Waals surface area contributed by atoms with Gasteiger partial charge in [-0.15, -0.1) is 0 Å². The fourth-order valence-electron chi connectivity index (χ4n) is 4.60. The summed E-state index contributed by atoms with van der Waals surface area (Å²) in [5.41, 5.74) is 14.3. The lowest BCUT2D eigenvalue weighted by molar-refractivity contribution is 0.111. The van der Waals surface area contributed by atoms with Crippen molar-refractivity contribution in [3.63, 3.8) is 0 Å². The number of hydrogen-bond acceptors (Lipinski definition) is 5. The van der Waals surface area contributed by atoms with E-state index in [0.29, 0.717) is 6.61 Å². The van der Waals surface area contributed by atoms with E-state index < -0.39 is 0 Å². The Morgan fingerprint density at radius 3 is 3.07 bits per heavy atom. The highest BCUT2D eigenvalue weighted by molar-refractivity contribution is 5.85. The maximum atomic E-state index is 9.89. The molecule has 0 saturated carbocycles. The molecule has 0 aliphatic carbocycles. The molecule has 2 aliphatic heterocycles. The van der Waals surface area contributed by atoms with Crippen molar-refractivity contribution in [3.05, 3.63) is 47.3 Å². The van der Waals surface area contributed by atoms with Gasteiger partial charge in [0.15, 0.2) is 0 Å². The minimum absolute atomic E-state index is 0.0591. The van der Waals surface area contributed by atoms with Gasteiger partial charge in [0.25, 0.3) is 0 Å². The van der Waals surface area contributed by atoms with E-state index in [0.717, 1.165) is 53.8 Å². The molecule has 2 unspecified atom stereocenters. The summed E-state index contributed by atoms with van der Waals surface area (Å²) in [5, 5.41) is 11.0. The van der Waals surface area contributed by atoms with Crippen LogP contribution in [-0.2, 0) is 17.8 Å². The van der Waals surface area contributed by atoms with Crippen molar-refractivity contribution >= 4 is 16.7 Å². The van der Waals surface area contributed by atoms with E-state index in [-0.39, 0.29) is 18.7 Å². The van der Waals surface area contributed by atoms with Gasteiger partial charge < -0.3 is 25.5 Å². The molecule has 0 bridgehead atoms. The van der Waals surface area contributed by atoms with Crippen LogP contribution in [0.25, 0.3) is 22.2 Å². The molecule has 28 heavy (non-hydrogen) atoms. The summed E-state index contributed by atoms with van der Waals surface area (Å²) < 4.78 is 5.76. The van der Waals surface area contributed by atoms with Crippen molar-refractivity contribution in [2.24, 2.45) is 5.73 Å². The van der Waals surface area contributed by atoms with Crippen molar-refractivity contribution in [1.82, 2.24) is 9.97 Å². The van der Waals surface area contributed by atoms with E-state index in [2.05, 4.69) is 40.0 Å². The Bertz CT molecular complexity index is 1030. The fourth-order valence-corrected chi connectivity index (χ4v) is 4.60. The van der Waals surface area contributed by atoms with Crippen molar-refractivity contribution in [3.8, 4) is 11.1 Å². The lowest BCUT2D eigenvalue weighted by Crippen LogP contribution is -2.34. The van der Waals surface area contributed by atoms with Crippen molar-refractivity contribution in [2.45, 2.75) is 38.5 Å². The van der Waals surface area contributed by atoms with Gasteiger partial charge in [-0.05, 0) is 48.6 Å². The second-order valence-electron chi connectivity index (χ2n) is 8.01. The van der Waals surface area contributed by atoms with E-state index in [1.807, 2.05) is 12.4 Å². The zero-order chi connectivity index (χ0) is 19.3. The number of anilines is 1. The second kappa shape index (κ2) is 6.88. The largest absolute Gasteiger partial charge is 0.394 e. The number of aliphatic hydroxyl groups excluding tert-OH is 1. The van der Waals surface area contributed by atoms with Gasteiger partial charge in [0.05, 0.1) is 25.9 Å². The third-order valence-electron chi connectivity index (χ3n) is 6.12. The number of aromatic nitrogens is 2. The molecule has 4 heterocycles. The van der Waals surface area contributed by atoms with Crippen LogP contribution < -0.4 is 10.6 Å². The summed E-state index contributed by atoms with van der Waals surface area (Å²) >= 11 is 0. The average Bonchev–Trinajstić information content (AvgIpc) is 3.29. The quantitative estimate of drug-likeness (QED) is 0.652. The van der Waals surface area contributed by atoms with Gasteiger partial charge >= 0.3 is 0 Å². The molecular formula is C22H26N4O2. The Kier molecular flexibility index (Phi) is 4.34. The van der Waals surface area contributed by atoms with E-state index in [1.165, 1.54) is 16.7 Å². The minimum Gasteiger partial charge on any atom is -0.394 e. The summed E-state index contributed by atoms with van der Waals surface area (Å²) in [6.07, 6.45) is 5.64. The van der Waals surface area contributed by atoms with Crippen molar-refractivity contribution in [1.29, 1.82) is 0 Å². The zero-order valence-corrected chi connectivity index (χ0v) is 16.1. The molecule has 0 spiro atoms. The first-order valence-corrected chi connectivity index (χ1v) is 9.94. The van der Waals surface area contributed by atoms with Gasteiger partial charge in [-0.2, -0.15) is 0 Å². The molecule has 2 aliphatic rings. The van der Waals surface area contributed by atoms with Gasteiger partial charge in [-0.3, -0.25) is 0 Å². The van der Waals surface area contributed by atoms with Crippen molar-refractivity contribution in [2.75, 3.05) is 24.7 Å². The normalized spacial score (nSPS) is 22.0. The molecule has 6 nitrogen and oxygen atoms in total. The zero-order valence-electron chi connectivity index (χ0n) is 16.1. The van der Waals surface area contributed by atoms with E-state index in [4.69, 9.17) is 10.5 Å². The van der Waals surface area contributed by atoms with Gasteiger partial charge in [0.2, 0.25) is 0 Å². The molecule has 4 N–H and O–H groups in total. The summed E-state index contributed by atoms with van der Waals surface area (Å²) in [6, 6.07) is 6.85. The number of benzene rings is 1. The van der Waals surface area contributed by atoms with Crippen LogP contribution in [0.3, 0.4) is 0 Å². The average molecular weight is 378 g/mol. The number of pyridine rings is 1. The number of rotatable bonds is 3. The number of nitrogens with two attached hydrogens (primary N) is 1. The third-order valence-corrected chi connectivity index (χ3v) is 6.12. The molecule has 1 saturated heterocycles. The molecule has 0 amide bonds. The van der Waals surface area contributed by atoms with Crippen LogP contribution >= 0.6 is 0 Å². The smallest absolute Gasteiger partial charge is 0.137 e. The summed E-state index contributed by atoms with van der Waals surface area (Å²) in [5.74, 6) is 0. The standard InChI is InChI=1S/C22H26N4O2/c1-13-8-24-22-19(13)5-16(9-25-22)15-4-14-2-3-28-12-20(14)21(6-15)26-10-17(23)7-18(26)11-27/h4-6,8-9,17-18,27H,2-3,7,10-12,23H2,1H3,(H,24,25). The Labute approximate surface area is 164 Å². The second-order valence-corrected chi connectivity index (χ2v) is 8.01. The number of nitrogens with one attached hydrogen (secondary N) is 1. The topological polar surface area (TPSA) is 87.4 Å². The van der Waals surface area contributed by atoms with Crippen LogP contribution in [0.2, 0.25) is 0 Å². The molecule has 5 rings (SSSR count). The molecule has 2 atom stereocenters. The fraction of sp³-hybridized carbons (Fsp3) is 0.409. The van der Waals surface area contributed by atoms with Gasteiger partial charge in [-0.1, -0.05) is 6.07 Å². The number of fused-ring (bicyclic) bond motifs is 2. The van der Waals surface area contributed by atoms with Gasteiger partial charge in [0.1, 0.15) is 5.65 Å². The van der Waals surface area contributed by atoms with Gasteiger partial charge in [0, 0.05) is 47.2 Å². The van der Waals surface area contributed by atoms with Crippen LogP contribution in [0.1, 0.15) is 23.1 Å². The van der Waals surface area contributed by atoms with Crippen LogP contribution in [-0.4, -0.2) is 46.9 Å². The molecule has 1 fully saturated rings.